The number of rotatable bonds is 2. The lowest BCUT2D eigenvalue weighted by molar-refractivity contribution is 0.213. The van der Waals surface area contributed by atoms with Crippen molar-refractivity contribution in [1.29, 1.82) is 0 Å². The van der Waals surface area contributed by atoms with Crippen molar-refractivity contribution in [3.05, 3.63) is 68.7 Å². The van der Waals surface area contributed by atoms with Crippen molar-refractivity contribution in [2.45, 2.75) is 6.10 Å². The van der Waals surface area contributed by atoms with E-state index in [-0.39, 0.29) is 5.56 Å². The van der Waals surface area contributed by atoms with Crippen LogP contribution >= 0.6 is 27.5 Å². The topological polar surface area (TPSA) is 20.2 Å². The van der Waals surface area contributed by atoms with Crippen molar-refractivity contribution in [2.75, 3.05) is 0 Å². The molecule has 0 aliphatic heterocycles. The van der Waals surface area contributed by atoms with Crippen LogP contribution in [0.2, 0.25) is 5.02 Å². The van der Waals surface area contributed by atoms with Crippen molar-refractivity contribution in [1.82, 2.24) is 0 Å². The van der Waals surface area contributed by atoms with E-state index in [0.717, 1.165) is 6.07 Å². The maximum atomic E-state index is 13.6. The summed E-state index contributed by atoms with van der Waals surface area (Å²) in [5, 5.41) is 10.5. The van der Waals surface area contributed by atoms with Gasteiger partial charge in [-0.1, -0.05) is 39.7 Å². The summed E-state index contributed by atoms with van der Waals surface area (Å²) in [6.07, 6.45) is -1.27. The van der Waals surface area contributed by atoms with E-state index in [9.17, 15) is 13.9 Å². The van der Waals surface area contributed by atoms with Gasteiger partial charge in [-0.05, 0) is 29.8 Å². The Kier molecular flexibility index (Phi) is 4.00. The third-order valence-corrected chi connectivity index (χ3v) is 3.15. The van der Waals surface area contributed by atoms with Gasteiger partial charge in [0.15, 0.2) is 11.6 Å². The van der Waals surface area contributed by atoms with Crippen molar-refractivity contribution in [2.24, 2.45) is 0 Å². The van der Waals surface area contributed by atoms with Gasteiger partial charge in [0.25, 0.3) is 0 Å². The fraction of sp³-hybridized carbons (Fsp3) is 0.0769. The molecule has 0 spiro atoms. The average Bonchev–Trinajstić information content (AvgIpc) is 2.30. The van der Waals surface area contributed by atoms with Crippen LogP contribution in [-0.2, 0) is 0 Å². The van der Waals surface area contributed by atoms with Gasteiger partial charge in [0, 0.05) is 15.1 Å². The first-order chi connectivity index (χ1) is 8.49. The highest BCUT2D eigenvalue weighted by Crippen LogP contribution is 2.29. The summed E-state index contributed by atoms with van der Waals surface area (Å²) >= 11 is 9.07. The highest BCUT2D eigenvalue weighted by atomic mass is 79.9. The van der Waals surface area contributed by atoms with Crippen LogP contribution in [0.15, 0.2) is 40.9 Å². The van der Waals surface area contributed by atoms with Crippen molar-refractivity contribution < 1.29 is 13.9 Å². The van der Waals surface area contributed by atoms with Gasteiger partial charge in [-0.2, -0.15) is 0 Å². The Morgan fingerprint density at radius 3 is 2.56 bits per heavy atom. The maximum absolute atomic E-state index is 13.6. The second-order valence-corrected chi connectivity index (χ2v) is 5.10. The molecular formula is C13H8BrClF2O. The fourth-order valence-corrected chi connectivity index (χ4v) is 2.53. The largest absolute Gasteiger partial charge is 0.384 e. The molecule has 5 heteroatoms. The van der Waals surface area contributed by atoms with Gasteiger partial charge in [-0.15, -0.1) is 0 Å². The highest BCUT2D eigenvalue weighted by molar-refractivity contribution is 9.10. The molecule has 0 radical (unpaired) electrons. The number of aliphatic hydroxyl groups is 1. The first-order valence-corrected chi connectivity index (χ1v) is 6.24. The number of hydrogen-bond donors (Lipinski definition) is 1. The molecule has 2 rings (SSSR count). The molecule has 0 aliphatic carbocycles. The van der Waals surface area contributed by atoms with Crippen LogP contribution in [0.3, 0.4) is 0 Å². The standard InChI is InChI=1S/C13H8BrClF2O/c14-8-4-7(5-9(15)6-8)13(18)10-2-1-3-11(16)12(10)17/h1-6,13,18H. The van der Waals surface area contributed by atoms with Gasteiger partial charge >= 0.3 is 0 Å². The molecular weight excluding hydrogens is 325 g/mol. The second-order valence-electron chi connectivity index (χ2n) is 3.75. The van der Waals surface area contributed by atoms with E-state index in [2.05, 4.69) is 15.9 Å². The predicted octanol–water partition coefficient (Wildman–Crippen LogP) is 4.46. The van der Waals surface area contributed by atoms with E-state index in [0.29, 0.717) is 15.1 Å². The predicted molar refractivity (Wildman–Crippen MR) is 69.6 cm³/mol. The summed E-state index contributed by atoms with van der Waals surface area (Å²) in [7, 11) is 0. The molecule has 0 bridgehead atoms. The number of aliphatic hydroxyl groups excluding tert-OH is 1. The molecule has 0 aromatic heterocycles. The van der Waals surface area contributed by atoms with E-state index in [1.54, 1.807) is 12.1 Å². The molecule has 0 saturated heterocycles. The van der Waals surface area contributed by atoms with Crippen LogP contribution in [0.5, 0.6) is 0 Å². The minimum atomic E-state index is -1.27. The molecule has 1 N–H and O–H groups in total. The summed E-state index contributed by atoms with van der Waals surface area (Å²) in [6, 6.07) is 8.41. The first kappa shape index (κ1) is 13.5. The monoisotopic (exact) mass is 332 g/mol. The average molecular weight is 334 g/mol. The molecule has 1 atom stereocenters. The van der Waals surface area contributed by atoms with Crippen LogP contribution in [0.25, 0.3) is 0 Å². The molecule has 2 aromatic carbocycles. The minimum absolute atomic E-state index is 0.121. The summed E-state index contributed by atoms with van der Waals surface area (Å²) in [5.41, 5.74) is 0.267. The Hall–Kier alpha value is -0.970. The lowest BCUT2D eigenvalue weighted by Gasteiger charge is -2.13. The SMILES string of the molecule is OC(c1cc(Cl)cc(Br)c1)c1cccc(F)c1F. The lowest BCUT2D eigenvalue weighted by atomic mass is 10.0. The first-order valence-electron chi connectivity index (χ1n) is 5.07. The van der Waals surface area contributed by atoms with E-state index in [1.165, 1.54) is 18.2 Å². The second kappa shape index (κ2) is 5.34. The molecule has 1 unspecified atom stereocenters. The van der Waals surface area contributed by atoms with Gasteiger partial charge in [0.05, 0.1) is 0 Å². The van der Waals surface area contributed by atoms with Crippen LogP contribution in [0.1, 0.15) is 17.2 Å². The van der Waals surface area contributed by atoms with Crippen LogP contribution in [0, 0.1) is 11.6 Å². The number of halogens is 4. The molecule has 94 valence electrons. The molecule has 0 amide bonds. The van der Waals surface area contributed by atoms with E-state index in [4.69, 9.17) is 11.6 Å². The van der Waals surface area contributed by atoms with Crippen molar-refractivity contribution in [3.8, 4) is 0 Å². The normalized spacial score (nSPS) is 12.5. The minimum Gasteiger partial charge on any atom is -0.384 e. The molecule has 0 fully saturated rings. The Morgan fingerprint density at radius 1 is 1.17 bits per heavy atom. The van der Waals surface area contributed by atoms with Gasteiger partial charge in [0.1, 0.15) is 6.10 Å². The van der Waals surface area contributed by atoms with Gasteiger partial charge in [-0.3, -0.25) is 0 Å². The molecule has 1 nitrogen and oxygen atoms in total. The summed E-state index contributed by atoms with van der Waals surface area (Å²) in [5.74, 6) is -2.05. The molecule has 0 saturated carbocycles. The Balaban J connectivity index is 2.47. The van der Waals surface area contributed by atoms with Crippen molar-refractivity contribution >= 4 is 27.5 Å². The molecule has 0 aliphatic rings. The van der Waals surface area contributed by atoms with Crippen LogP contribution < -0.4 is 0 Å². The van der Waals surface area contributed by atoms with E-state index >= 15 is 0 Å². The number of benzene rings is 2. The lowest BCUT2D eigenvalue weighted by Crippen LogP contribution is -2.04. The Morgan fingerprint density at radius 2 is 1.89 bits per heavy atom. The quantitative estimate of drug-likeness (QED) is 0.860. The maximum Gasteiger partial charge on any atom is 0.164 e. The zero-order valence-electron chi connectivity index (χ0n) is 9.00. The summed E-state index contributed by atoms with van der Waals surface area (Å²) < 4.78 is 27.3. The van der Waals surface area contributed by atoms with Crippen LogP contribution in [-0.4, -0.2) is 5.11 Å². The highest BCUT2D eigenvalue weighted by Gasteiger charge is 2.18. The molecule has 0 heterocycles. The van der Waals surface area contributed by atoms with E-state index < -0.39 is 17.7 Å². The Labute approximate surface area is 116 Å². The van der Waals surface area contributed by atoms with Gasteiger partial charge in [0.2, 0.25) is 0 Å². The molecule has 18 heavy (non-hydrogen) atoms. The zero-order chi connectivity index (χ0) is 13.3. The number of hydrogen-bond acceptors (Lipinski definition) is 1. The smallest absolute Gasteiger partial charge is 0.164 e. The van der Waals surface area contributed by atoms with E-state index in [1.807, 2.05) is 0 Å². The summed E-state index contributed by atoms with van der Waals surface area (Å²) in [4.78, 5) is 0. The zero-order valence-corrected chi connectivity index (χ0v) is 11.3. The fourth-order valence-electron chi connectivity index (χ4n) is 1.64. The van der Waals surface area contributed by atoms with Crippen molar-refractivity contribution in [3.63, 3.8) is 0 Å². The summed E-state index contributed by atoms with van der Waals surface area (Å²) in [6.45, 7) is 0. The Bertz CT molecular complexity index is 569. The van der Waals surface area contributed by atoms with Gasteiger partial charge in [-0.25, -0.2) is 8.78 Å². The molecule has 2 aromatic rings. The third-order valence-electron chi connectivity index (χ3n) is 2.48. The third kappa shape index (κ3) is 2.71. The van der Waals surface area contributed by atoms with Gasteiger partial charge < -0.3 is 5.11 Å². The van der Waals surface area contributed by atoms with Crippen LogP contribution in [0.4, 0.5) is 8.78 Å².